The SMILES string of the molecule is Cc1ccc(C(N)c2ccccc2C)cc1Cl. The first-order chi connectivity index (χ1) is 8.09. The van der Waals surface area contributed by atoms with E-state index in [-0.39, 0.29) is 6.04 Å². The van der Waals surface area contributed by atoms with Crippen molar-refractivity contribution in [3.05, 3.63) is 69.7 Å². The van der Waals surface area contributed by atoms with E-state index in [0.717, 1.165) is 21.7 Å². The third kappa shape index (κ3) is 2.51. The normalized spacial score (nSPS) is 12.5. The van der Waals surface area contributed by atoms with Gasteiger partial charge < -0.3 is 5.73 Å². The summed E-state index contributed by atoms with van der Waals surface area (Å²) in [6.45, 7) is 4.07. The Morgan fingerprint density at radius 1 is 1.00 bits per heavy atom. The highest BCUT2D eigenvalue weighted by molar-refractivity contribution is 6.31. The van der Waals surface area contributed by atoms with E-state index in [1.807, 2.05) is 37.3 Å². The molecule has 0 aliphatic carbocycles. The van der Waals surface area contributed by atoms with Gasteiger partial charge in [0.15, 0.2) is 0 Å². The van der Waals surface area contributed by atoms with Crippen LogP contribution in [0.15, 0.2) is 42.5 Å². The van der Waals surface area contributed by atoms with Gasteiger partial charge in [-0.2, -0.15) is 0 Å². The van der Waals surface area contributed by atoms with Crippen LogP contribution in [0.25, 0.3) is 0 Å². The molecule has 17 heavy (non-hydrogen) atoms. The van der Waals surface area contributed by atoms with Gasteiger partial charge in [-0.05, 0) is 42.2 Å². The number of benzene rings is 2. The Balaban J connectivity index is 2.40. The van der Waals surface area contributed by atoms with Crippen molar-refractivity contribution in [1.82, 2.24) is 0 Å². The third-order valence-electron chi connectivity index (χ3n) is 3.08. The molecule has 1 unspecified atom stereocenters. The van der Waals surface area contributed by atoms with Crippen molar-refractivity contribution in [2.45, 2.75) is 19.9 Å². The molecule has 0 aromatic heterocycles. The van der Waals surface area contributed by atoms with Gasteiger partial charge in [-0.1, -0.05) is 48.0 Å². The van der Waals surface area contributed by atoms with E-state index >= 15 is 0 Å². The molecular formula is C15H16ClN. The Kier molecular flexibility index (Phi) is 3.51. The number of aryl methyl sites for hydroxylation is 2. The minimum Gasteiger partial charge on any atom is -0.320 e. The second kappa shape index (κ2) is 4.91. The van der Waals surface area contributed by atoms with Gasteiger partial charge in [-0.15, -0.1) is 0 Å². The zero-order chi connectivity index (χ0) is 12.4. The van der Waals surface area contributed by atoms with Crippen molar-refractivity contribution < 1.29 is 0 Å². The van der Waals surface area contributed by atoms with Crippen molar-refractivity contribution in [3.63, 3.8) is 0 Å². The molecule has 0 saturated heterocycles. The van der Waals surface area contributed by atoms with E-state index in [4.69, 9.17) is 17.3 Å². The van der Waals surface area contributed by atoms with Gasteiger partial charge in [0, 0.05) is 5.02 Å². The molecule has 2 aromatic rings. The molecule has 2 rings (SSSR count). The van der Waals surface area contributed by atoms with Crippen molar-refractivity contribution in [1.29, 1.82) is 0 Å². The first-order valence-corrected chi connectivity index (χ1v) is 6.04. The molecule has 2 aromatic carbocycles. The standard InChI is InChI=1S/C15H16ClN/c1-10-5-3-4-6-13(10)15(17)12-8-7-11(2)14(16)9-12/h3-9,15H,17H2,1-2H3. The zero-order valence-electron chi connectivity index (χ0n) is 10.1. The smallest absolute Gasteiger partial charge is 0.0554 e. The van der Waals surface area contributed by atoms with Gasteiger partial charge >= 0.3 is 0 Å². The molecule has 2 N–H and O–H groups in total. The van der Waals surface area contributed by atoms with Crippen LogP contribution in [-0.4, -0.2) is 0 Å². The molecule has 0 radical (unpaired) electrons. The van der Waals surface area contributed by atoms with Crippen molar-refractivity contribution in [2.75, 3.05) is 0 Å². The summed E-state index contributed by atoms with van der Waals surface area (Å²) >= 11 is 6.13. The fourth-order valence-corrected chi connectivity index (χ4v) is 2.11. The highest BCUT2D eigenvalue weighted by Gasteiger charge is 2.11. The van der Waals surface area contributed by atoms with E-state index in [2.05, 4.69) is 19.1 Å². The predicted molar refractivity (Wildman–Crippen MR) is 73.4 cm³/mol. The Morgan fingerprint density at radius 2 is 1.71 bits per heavy atom. The molecule has 1 atom stereocenters. The lowest BCUT2D eigenvalue weighted by atomic mass is 9.95. The highest BCUT2D eigenvalue weighted by atomic mass is 35.5. The molecule has 0 fully saturated rings. The molecule has 0 aliphatic heterocycles. The number of nitrogens with two attached hydrogens (primary N) is 1. The van der Waals surface area contributed by atoms with Crippen LogP contribution in [-0.2, 0) is 0 Å². The number of halogens is 1. The third-order valence-corrected chi connectivity index (χ3v) is 3.49. The van der Waals surface area contributed by atoms with E-state index in [9.17, 15) is 0 Å². The summed E-state index contributed by atoms with van der Waals surface area (Å²) in [6, 6.07) is 14.1. The van der Waals surface area contributed by atoms with Crippen LogP contribution in [0.4, 0.5) is 0 Å². The Labute approximate surface area is 107 Å². The molecule has 1 nitrogen and oxygen atoms in total. The fourth-order valence-electron chi connectivity index (χ4n) is 1.92. The predicted octanol–water partition coefficient (Wildman–Crippen LogP) is 4.00. The van der Waals surface area contributed by atoms with Crippen molar-refractivity contribution in [2.24, 2.45) is 5.73 Å². The van der Waals surface area contributed by atoms with Gasteiger partial charge in [-0.3, -0.25) is 0 Å². The number of hydrogen-bond acceptors (Lipinski definition) is 1. The zero-order valence-corrected chi connectivity index (χ0v) is 10.8. The minimum absolute atomic E-state index is 0.116. The van der Waals surface area contributed by atoms with Crippen LogP contribution < -0.4 is 5.73 Å². The topological polar surface area (TPSA) is 26.0 Å². The van der Waals surface area contributed by atoms with Gasteiger partial charge in [0.25, 0.3) is 0 Å². The highest BCUT2D eigenvalue weighted by Crippen LogP contribution is 2.26. The summed E-state index contributed by atoms with van der Waals surface area (Å²) in [5, 5.41) is 0.770. The average Bonchev–Trinajstić information content (AvgIpc) is 2.32. The van der Waals surface area contributed by atoms with Gasteiger partial charge in [0.2, 0.25) is 0 Å². The van der Waals surface area contributed by atoms with E-state index in [1.165, 1.54) is 5.56 Å². The second-order valence-electron chi connectivity index (χ2n) is 4.34. The molecular weight excluding hydrogens is 230 g/mol. The molecule has 0 saturated carbocycles. The van der Waals surface area contributed by atoms with E-state index in [1.54, 1.807) is 0 Å². The molecule has 88 valence electrons. The molecule has 0 amide bonds. The summed E-state index contributed by atoms with van der Waals surface area (Å²) in [6.07, 6.45) is 0. The lowest BCUT2D eigenvalue weighted by Gasteiger charge is -2.15. The summed E-state index contributed by atoms with van der Waals surface area (Å²) in [5.41, 5.74) is 10.8. The Bertz CT molecular complexity index is 534. The summed E-state index contributed by atoms with van der Waals surface area (Å²) in [5.74, 6) is 0. The average molecular weight is 246 g/mol. The maximum Gasteiger partial charge on any atom is 0.0554 e. The number of rotatable bonds is 2. The molecule has 0 bridgehead atoms. The van der Waals surface area contributed by atoms with Crippen LogP contribution in [0, 0.1) is 13.8 Å². The van der Waals surface area contributed by atoms with Gasteiger partial charge in [0.05, 0.1) is 6.04 Å². The van der Waals surface area contributed by atoms with Crippen molar-refractivity contribution >= 4 is 11.6 Å². The molecule has 0 heterocycles. The van der Waals surface area contributed by atoms with Crippen LogP contribution >= 0.6 is 11.6 Å². The van der Waals surface area contributed by atoms with Gasteiger partial charge in [0.1, 0.15) is 0 Å². The Hall–Kier alpha value is -1.31. The molecule has 2 heteroatoms. The number of hydrogen-bond donors (Lipinski definition) is 1. The first-order valence-electron chi connectivity index (χ1n) is 5.67. The van der Waals surface area contributed by atoms with E-state index < -0.39 is 0 Å². The second-order valence-corrected chi connectivity index (χ2v) is 4.75. The largest absolute Gasteiger partial charge is 0.320 e. The van der Waals surface area contributed by atoms with Crippen molar-refractivity contribution in [3.8, 4) is 0 Å². The summed E-state index contributed by atoms with van der Waals surface area (Å²) in [7, 11) is 0. The van der Waals surface area contributed by atoms with Crippen LogP contribution in [0.1, 0.15) is 28.3 Å². The monoisotopic (exact) mass is 245 g/mol. The molecule has 0 spiro atoms. The minimum atomic E-state index is -0.116. The van der Waals surface area contributed by atoms with Crippen LogP contribution in [0.2, 0.25) is 5.02 Å². The summed E-state index contributed by atoms with van der Waals surface area (Å²) < 4.78 is 0. The van der Waals surface area contributed by atoms with E-state index in [0.29, 0.717) is 0 Å². The fraction of sp³-hybridized carbons (Fsp3) is 0.200. The lowest BCUT2D eigenvalue weighted by molar-refractivity contribution is 0.861. The van der Waals surface area contributed by atoms with Gasteiger partial charge in [-0.25, -0.2) is 0 Å². The molecule has 0 aliphatic rings. The van der Waals surface area contributed by atoms with Crippen LogP contribution in [0.3, 0.4) is 0 Å². The Morgan fingerprint density at radius 3 is 2.35 bits per heavy atom. The van der Waals surface area contributed by atoms with Crippen LogP contribution in [0.5, 0.6) is 0 Å². The maximum absolute atomic E-state index is 6.28. The first kappa shape index (κ1) is 12.2. The summed E-state index contributed by atoms with van der Waals surface area (Å²) in [4.78, 5) is 0. The maximum atomic E-state index is 6.28. The lowest BCUT2D eigenvalue weighted by Crippen LogP contribution is -2.13. The quantitative estimate of drug-likeness (QED) is 0.850.